The number of hydrogen-bond donors (Lipinski definition) is 4. The fourth-order valence-electron chi connectivity index (χ4n) is 2.54. The van der Waals surface area contributed by atoms with E-state index in [1.165, 1.54) is 6.92 Å². The molecule has 0 bridgehead atoms. The fourth-order valence-corrected chi connectivity index (χ4v) is 2.90. The van der Waals surface area contributed by atoms with E-state index in [9.17, 15) is 29.1 Å². The Morgan fingerprint density at radius 2 is 1.68 bits per heavy atom. The van der Waals surface area contributed by atoms with Crippen molar-refractivity contribution in [3.63, 3.8) is 0 Å². The molecule has 0 heterocycles. The van der Waals surface area contributed by atoms with E-state index in [-0.39, 0.29) is 25.2 Å². The number of hydrogen-bond acceptors (Lipinski definition) is 6. The van der Waals surface area contributed by atoms with Crippen LogP contribution < -0.4 is 10.6 Å². The lowest BCUT2D eigenvalue weighted by Crippen LogP contribution is -2.42. The summed E-state index contributed by atoms with van der Waals surface area (Å²) >= 11 is 2.13. The summed E-state index contributed by atoms with van der Waals surface area (Å²) in [5.74, 6) is -3.17. The first-order valence-corrected chi connectivity index (χ1v) is 10.6. The van der Waals surface area contributed by atoms with Crippen LogP contribution in [0.5, 0.6) is 0 Å². The Balaban J connectivity index is 2.41. The Bertz CT molecular complexity index is 797. The van der Waals surface area contributed by atoms with Crippen molar-refractivity contribution in [2.24, 2.45) is 0 Å². The van der Waals surface area contributed by atoms with Gasteiger partial charge in [-0.3, -0.25) is 14.4 Å². The van der Waals surface area contributed by atoms with E-state index in [1.807, 2.05) is 12.1 Å². The summed E-state index contributed by atoms with van der Waals surface area (Å²) in [7, 11) is 0. The van der Waals surface area contributed by atoms with Gasteiger partial charge >= 0.3 is 18.0 Å². The number of halogens is 1. The van der Waals surface area contributed by atoms with Crippen LogP contribution in [0.4, 0.5) is 4.79 Å². The number of carboxylic acids is 2. The molecule has 0 fully saturated rings. The van der Waals surface area contributed by atoms with Crippen LogP contribution in [0.25, 0.3) is 0 Å². The number of rotatable bonds is 13. The van der Waals surface area contributed by atoms with Crippen molar-refractivity contribution in [3.8, 4) is 0 Å². The van der Waals surface area contributed by atoms with Gasteiger partial charge < -0.3 is 25.6 Å². The second kappa shape index (κ2) is 13.6. The molecular weight excluding hydrogens is 527 g/mol. The predicted octanol–water partition coefficient (Wildman–Crippen LogP) is 2.19. The van der Waals surface area contributed by atoms with Gasteiger partial charge in [0.05, 0.1) is 6.04 Å². The molecule has 0 radical (unpaired) electrons. The average Bonchev–Trinajstić information content (AvgIpc) is 2.69. The summed E-state index contributed by atoms with van der Waals surface area (Å²) in [6.07, 6.45) is -2.14. The van der Waals surface area contributed by atoms with Crippen LogP contribution in [-0.2, 0) is 19.1 Å². The molecule has 170 valence electrons. The van der Waals surface area contributed by atoms with Crippen molar-refractivity contribution in [1.29, 1.82) is 0 Å². The zero-order chi connectivity index (χ0) is 23.4. The van der Waals surface area contributed by atoms with E-state index in [0.29, 0.717) is 24.9 Å². The van der Waals surface area contributed by atoms with Crippen LogP contribution in [0.15, 0.2) is 24.3 Å². The molecule has 0 unspecified atom stereocenters. The van der Waals surface area contributed by atoms with Gasteiger partial charge in [-0.15, -0.1) is 0 Å². The van der Waals surface area contributed by atoms with Gasteiger partial charge in [-0.1, -0.05) is 0 Å². The summed E-state index contributed by atoms with van der Waals surface area (Å²) in [5.41, 5.74) is 0.520. The number of unbranched alkanes of at least 4 members (excludes halogenated alkanes) is 1. The number of amides is 2. The Morgan fingerprint density at radius 1 is 1.03 bits per heavy atom. The molecule has 0 saturated carbocycles. The monoisotopic (exact) mass is 552 g/mol. The van der Waals surface area contributed by atoms with Crippen molar-refractivity contribution in [3.05, 3.63) is 33.4 Å². The molecule has 1 aromatic rings. The molecule has 11 heteroatoms. The minimum Gasteiger partial charge on any atom is -0.481 e. The third kappa shape index (κ3) is 10.8. The molecule has 0 spiro atoms. The van der Waals surface area contributed by atoms with Gasteiger partial charge in [0.15, 0.2) is 5.78 Å². The Morgan fingerprint density at radius 3 is 2.23 bits per heavy atom. The quantitative estimate of drug-likeness (QED) is 0.214. The first-order valence-electron chi connectivity index (χ1n) is 9.56. The maximum Gasteiger partial charge on any atom is 0.408 e. The van der Waals surface area contributed by atoms with Crippen LogP contribution in [0, 0.1) is 3.57 Å². The molecule has 2 amide bonds. The molecular formula is C20H25IN2O8. The van der Waals surface area contributed by atoms with Crippen LogP contribution in [-0.4, -0.2) is 58.6 Å². The summed E-state index contributed by atoms with van der Waals surface area (Å²) < 4.78 is 5.88. The number of ether oxygens (including phenoxy) is 1. The largest absolute Gasteiger partial charge is 0.481 e. The van der Waals surface area contributed by atoms with Crippen LogP contribution >= 0.6 is 22.6 Å². The third-order valence-corrected chi connectivity index (χ3v) is 4.96. The lowest BCUT2D eigenvalue weighted by Gasteiger charge is -2.18. The van der Waals surface area contributed by atoms with E-state index in [1.54, 1.807) is 12.1 Å². The van der Waals surface area contributed by atoms with Crippen molar-refractivity contribution in [1.82, 2.24) is 10.6 Å². The van der Waals surface area contributed by atoms with Gasteiger partial charge in [0, 0.05) is 22.1 Å². The van der Waals surface area contributed by atoms with Gasteiger partial charge in [-0.2, -0.15) is 0 Å². The second-order valence-corrected chi connectivity index (χ2v) is 7.98. The second-order valence-electron chi connectivity index (χ2n) is 6.73. The van der Waals surface area contributed by atoms with Crippen molar-refractivity contribution in [2.75, 3.05) is 6.54 Å². The van der Waals surface area contributed by atoms with Crippen LogP contribution in [0.2, 0.25) is 0 Å². The van der Waals surface area contributed by atoms with E-state index >= 15 is 0 Å². The highest BCUT2D eigenvalue weighted by molar-refractivity contribution is 14.1. The number of Topliss-reactive ketones (excluding diaryl/α,β-unsaturated/α-hetero) is 1. The molecule has 0 aliphatic rings. The highest BCUT2D eigenvalue weighted by Crippen LogP contribution is 2.09. The Kier molecular flexibility index (Phi) is 11.5. The predicted molar refractivity (Wildman–Crippen MR) is 118 cm³/mol. The summed E-state index contributed by atoms with van der Waals surface area (Å²) in [4.78, 5) is 57.4. The van der Waals surface area contributed by atoms with Gasteiger partial charge in [-0.05, 0) is 79.5 Å². The topological polar surface area (TPSA) is 159 Å². The zero-order valence-electron chi connectivity index (χ0n) is 16.9. The maximum absolute atomic E-state index is 12.0. The van der Waals surface area contributed by atoms with Crippen molar-refractivity contribution >= 4 is 52.3 Å². The summed E-state index contributed by atoms with van der Waals surface area (Å²) in [6, 6.07) is 5.96. The number of carbonyl (C=O) groups excluding carboxylic acids is 3. The van der Waals surface area contributed by atoms with Gasteiger partial charge in [0.25, 0.3) is 5.91 Å². The first kappa shape index (κ1) is 26.3. The van der Waals surface area contributed by atoms with Crippen LogP contribution in [0.3, 0.4) is 0 Å². The number of benzene rings is 1. The van der Waals surface area contributed by atoms with Crippen molar-refractivity contribution in [2.45, 2.75) is 51.2 Å². The third-order valence-electron chi connectivity index (χ3n) is 4.24. The number of ketones is 1. The van der Waals surface area contributed by atoms with E-state index in [2.05, 4.69) is 33.2 Å². The number of carbonyl (C=O) groups is 5. The smallest absolute Gasteiger partial charge is 0.408 e. The molecule has 4 N–H and O–H groups in total. The number of aliphatic carboxylic acids is 2. The SMILES string of the molecule is CC(=O)[C@H](CCC(=O)O)NC(=O)O[C@@H](CCCCNC(=O)c1ccc([131I])cc1)C(=O)O. The minimum absolute atomic E-state index is 0.0159. The van der Waals surface area contributed by atoms with E-state index < -0.39 is 36.0 Å². The molecule has 10 nitrogen and oxygen atoms in total. The molecule has 0 aliphatic carbocycles. The molecule has 2 atom stereocenters. The molecule has 0 aromatic heterocycles. The Hall–Kier alpha value is -2.70. The lowest BCUT2D eigenvalue weighted by atomic mass is 10.1. The normalized spacial score (nSPS) is 12.3. The zero-order valence-corrected chi connectivity index (χ0v) is 19.1. The average molecular weight is 552 g/mol. The molecule has 0 saturated heterocycles. The van der Waals surface area contributed by atoms with E-state index in [0.717, 1.165) is 3.57 Å². The van der Waals surface area contributed by atoms with Gasteiger partial charge in [0.2, 0.25) is 6.10 Å². The lowest BCUT2D eigenvalue weighted by molar-refractivity contribution is -0.147. The van der Waals surface area contributed by atoms with Crippen LogP contribution in [0.1, 0.15) is 49.4 Å². The number of alkyl carbamates (subject to hydrolysis) is 1. The molecule has 1 aromatic carbocycles. The Labute approximate surface area is 192 Å². The summed E-state index contributed by atoms with van der Waals surface area (Å²) in [5, 5.41) is 22.9. The number of carboxylic acid groups (broad SMARTS) is 2. The van der Waals surface area contributed by atoms with Crippen molar-refractivity contribution < 1.29 is 38.9 Å². The first-order chi connectivity index (χ1) is 14.6. The number of nitrogens with one attached hydrogen (secondary N) is 2. The highest BCUT2D eigenvalue weighted by Gasteiger charge is 2.25. The van der Waals surface area contributed by atoms with Gasteiger partial charge in [0.1, 0.15) is 0 Å². The molecule has 0 aliphatic heterocycles. The summed E-state index contributed by atoms with van der Waals surface area (Å²) in [6.45, 7) is 1.51. The standard InChI is InChI=1S/C20H25IN2O8/c1-12(24)15(9-10-17(25)26)23-20(30)31-16(19(28)29)4-2-3-11-22-18(27)13-5-7-14(21)8-6-13/h5-8,15-16H,2-4,9-11H2,1H3,(H,22,27)(H,23,30)(H,25,26)(H,28,29)/t15-,16-/m0/s1/i21+4. The highest BCUT2D eigenvalue weighted by atomic mass is 131. The fraction of sp³-hybridized carbons (Fsp3) is 0.450. The van der Waals surface area contributed by atoms with E-state index in [4.69, 9.17) is 9.84 Å². The molecule has 31 heavy (non-hydrogen) atoms. The molecule has 1 rings (SSSR count). The maximum atomic E-state index is 12.0. The minimum atomic E-state index is -1.43. The van der Waals surface area contributed by atoms with Gasteiger partial charge in [-0.25, -0.2) is 9.59 Å².